The third-order valence-electron chi connectivity index (χ3n) is 4.23. The van der Waals surface area contributed by atoms with Crippen LogP contribution in [0.5, 0.6) is 5.75 Å². The number of ether oxygens (including phenoxy) is 1. The lowest BCUT2D eigenvalue weighted by Crippen LogP contribution is -2.45. The van der Waals surface area contributed by atoms with Gasteiger partial charge in [-0.05, 0) is 32.0 Å². The highest BCUT2D eigenvalue weighted by Crippen LogP contribution is 2.24. The third kappa shape index (κ3) is 5.71. The summed E-state index contributed by atoms with van der Waals surface area (Å²) in [5.41, 5.74) is 0.348. The van der Waals surface area contributed by atoms with Crippen molar-refractivity contribution in [1.29, 1.82) is 0 Å². The number of halogens is 3. The fraction of sp³-hybridized carbons (Fsp3) is 0.300. The Hall–Kier alpha value is -3.07. The summed E-state index contributed by atoms with van der Waals surface area (Å²) in [6.07, 6.45) is 0. The van der Waals surface area contributed by atoms with E-state index in [0.717, 1.165) is 11.6 Å². The first-order valence-electron chi connectivity index (χ1n) is 8.84. The van der Waals surface area contributed by atoms with Crippen molar-refractivity contribution < 1.29 is 27.5 Å². The molecule has 6 nitrogen and oxygen atoms in total. The van der Waals surface area contributed by atoms with Crippen LogP contribution in [0.15, 0.2) is 36.4 Å². The number of amides is 2. The van der Waals surface area contributed by atoms with Crippen molar-refractivity contribution in [3.63, 3.8) is 0 Å². The Morgan fingerprint density at radius 2 is 1.72 bits per heavy atom. The minimum atomic E-state index is -1.69. The zero-order valence-electron chi connectivity index (χ0n) is 16.2. The second-order valence-electron chi connectivity index (χ2n) is 6.34. The summed E-state index contributed by atoms with van der Waals surface area (Å²) in [7, 11) is 1.55. The molecule has 0 aliphatic heterocycles. The van der Waals surface area contributed by atoms with Crippen molar-refractivity contribution >= 4 is 17.5 Å². The van der Waals surface area contributed by atoms with Gasteiger partial charge in [0.1, 0.15) is 5.75 Å². The third-order valence-corrected chi connectivity index (χ3v) is 4.23. The molecule has 2 amide bonds. The van der Waals surface area contributed by atoms with Crippen LogP contribution in [0.2, 0.25) is 0 Å². The zero-order chi connectivity index (χ0) is 21.6. The summed E-state index contributed by atoms with van der Waals surface area (Å²) >= 11 is 0. The van der Waals surface area contributed by atoms with E-state index in [9.17, 15) is 22.8 Å². The van der Waals surface area contributed by atoms with E-state index in [0.29, 0.717) is 11.8 Å². The van der Waals surface area contributed by atoms with Gasteiger partial charge < -0.3 is 15.4 Å². The average molecular weight is 409 g/mol. The van der Waals surface area contributed by atoms with Crippen LogP contribution >= 0.6 is 0 Å². The van der Waals surface area contributed by atoms with Crippen LogP contribution in [-0.4, -0.2) is 31.5 Å². The Morgan fingerprint density at radius 1 is 1.03 bits per heavy atom. The summed E-state index contributed by atoms with van der Waals surface area (Å²) in [5, 5.41) is 7.57. The fourth-order valence-corrected chi connectivity index (χ4v) is 2.70. The van der Waals surface area contributed by atoms with Crippen LogP contribution in [0.3, 0.4) is 0 Å². The van der Waals surface area contributed by atoms with Crippen molar-refractivity contribution in [3.8, 4) is 5.75 Å². The highest BCUT2D eigenvalue weighted by molar-refractivity contribution is 5.95. The SMILES string of the molecule is COc1ccccc1[C@H](C)N[C@H](C)C(=O)NCC(=O)Nc1ccc(F)c(F)c1F. The van der Waals surface area contributed by atoms with E-state index < -0.39 is 47.5 Å². The molecular formula is C20H22F3N3O3. The largest absolute Gasteiger partial charge is 0.496 e. The van der Waals surface area contributed by atoms with Gasteiger partial charge in [-0.1, -0.05) is 18.2 Å². The fourth-order valence-electron chi connectivity index (χ4n) is 2.70. The molecule has 0 radical (unpaired) electrons. The normalized spacial score (nSPS) is 12.8. The molecule has 0 saturated carbocycles. The monoisotopic (exact) mass is 409 g/mol. The van der Waals surface area contributed by atoms with Gasteiger partial charge in [-0.3, -0.25) is 14.9 Å². The van der Waals surface area contributed by atoms with Crippen LogP contribution in [0, 0.1) is 17.5 Å². The number of nitrogens with one attached hydrogen (secondary N) is 3. The average Bonchev–Trinajstić information content (AvgIpc) is 2.72. The molecule has 0 aromatic heterocycles. The van der Waals surface area contributed by atoms with E-state index in [1.54, 1.807) is 20.1 Å². The van der Waals surface area contributed by atoms with Crippen LogP contribution in [0.4, 0.5) is 18.9 Å². The number of methoxy groups -OCH3 is 1. The predicted octanol–water partition coefficient (Wildman–Crippen LogP) is 2.91. The molecule has 0 aliphatic carbocycles. The lowest BCUT2D eigenvalue weighted by atomic mass is 10.1. The lowest BCUT2D eigenvalue weighted by Gasteiger charge is -2.21. The van der Waals surface area contributed by atoms with Gasteiger partial charge in [0.2, 0.25) is 11.8 Å². The predicted molar refractivity (Wildman–Crippen MR) is 102 cm³/mol. The molecule has 2 aromatic carbocycles. The minimum absolute atomic E-state index is 0.211. The van der Waals surface area contributed by atoms with E-state index in [1.165, 1.54) is 0 Å². The van der Waals surface area contributed by atoms with Crippen molar-refractivity contribution in [2.45, 2.75) is 25.9 Å². The first kappa shape index (κ1) is 22.2. The molecule has 2 aromatic rings. The lowest BCUT2D eigenvalue weighted by molar-refractivity contribution is -0.125. The number of anilines is 1. The van der Waals surface area contributed by atoms with Gasteiger partial charge in [0.15, 0.2) is 17.5 Å². The second kappa shape index (κ2) is 9.92. The van der Waals surface area contributed by atoms with E-state index in [-0.39, 0.29) is 6.04 Å². The number of benzene rings is 2. The van der Waals surface area contributed by atoms with E-state index in [4.69, 9.17) is 4.74 Å². The summed E-state index contributed by atoms with van der Waals surface area (Å²) < 4.78 is 45.0. The van der Waals surface area contributed by atoms with Crippen LogP contribution in [0.1, 0.15) is 25.5 Å². The molecule has 156 valence electrons. The Labute approximate surface area is 166 Å². The second-order valence-corrected chi connectivity index (χ2v) is 6.34. The Balaban J connectivity index is 1.88. The van der Waals surface area contributed by atoms with Crippen LogP contribution < -0.4 is 20.7 Å². The van der Waals surface area contributed by atoms with Gasteiger partial charge in [-0.2, -0.15) is 0 Å². The van der Waals surface area contributed by atoms with Gasteiger partial charge in [-0.25, -0.2) is 13.2 Å². The first-order chi connectivity index (χ1) is 13.7. The molecule has 9 heteroatoms. The van der Waals surface area contributed by atoms with Crippen molar-refractivity contribution in [1.82, 2.24) is 10.6 Å². The molecule has 0 saturated heterocycles. The first-order valence-corrected chi connectivity index (χ1v) is 8.84. The number of hydrogen-bond acceptors (Lipinski definition) is 4. The van der Waals surface area contributed by atoms with E-state index in [2.05, 4.69) is 16.0 Å². The molecule has 3 N–H and O–H groups in total. The molecule has 0 bridgehead atoms. The maximum Gasteiger partial charge on any atom is 0.243 e. The number of rotatable bonds is 8. The summed E-state index contributed by atoms with van der Waals surface area (Å²) in [5.74, 6) is -5.13. The van der Waals surface area contributed by atoms with Gasteiger partial charge in [0.25, 0.3) is 0 Å². The summed E-state index contributed by atoms with van der Waals surface area (Å²) in [4.78, 5) is 24.1. The van der Waals surface area contributed by atoms with Gasteiger partial charge in [0, 0.05) is 11.6 Å². The highest BCUT2D eigenvalue weighted by Gasteiger charge is 2.20. The van der Waals surface area contributed by atoms with E-state index in [1.807, 2.05) is 25.1 Å². The van der Waals surface area contributed by atoms with Gasteiger partial charge in [-0.15, -0.1) is 0 Å². The number of carbonyl (C=O) groups is 2. The smallest absolute Gasteiger partial charge is 0.243 e. The molecule has 0 unspecified atom stereocenters. The summed E-state index contributed by atoms with van der Waals surface area (Å²) in [6.45, 7) is 3.01. The number of carbonyl (C=O) groups excluding carboxylic acids is 2. The van der Waals surface area contributed by atoms with Gasteiger partial charge >= 0.3 is 0 Å². The molecule has 2 atom stereocenters. The maximum absolute atomic E-state index is 13.6. The molecule has 0 heterocycles. The van der Waals surface area contributed by atoms with Crippen molar-refractivity contribution in [2.75, 3.05) is 19.0 Å². The Bertz CT molecular complexity index is 893. The maximum atomic E-state index is 13.6. The minimum Gasteiger partial charge on any atom is -0.496 e. The zero-order valence-corrected chi connectivity index (χ0v) is 16.2. The number of para-hydroxylation sites is 1. The van der Waals surface area contributed by atoms with Gasteiger partial charge in [0.05, 0.1) is 25.4 Å². The Morgan fingerprint density at radius 3 is 2.41 bits per heavy atom. The van der Waals surface area contributed by atoms with E-state index >= 15 is 0 Å². The van der Waals surface area contributed by atoms with Crippen molar-refractivity contribution in [2.24, 2.45) is 0 Å². The standard InChI is InChI=1S/C20H22F3N3O3/c1-11(13-6-4-5-7-16(13)29-3)25-12(2)20(28)24-10-17(27)26-15-9-8-14(21)18(22)19(15)23/h4-9,11-12,25H,10H2,1-3H3,(H,24,28)(H,26,27)/t11-,12+/m0/s1. The summed E-state index contributed by atoms with van der Waals surface area (Å²) in [6, 6.07) is 8.08. The van der Waals surface area contributed by atoms with Crippen LogP contribution in [-0.2, 0) is 9.59 Å². The quantitative estimate of drug-likeness (QED) is 0.586. The topological polar surface area (TPSA) is 79.5 Å². The number of hydrogen-bond donors (Lipinski definition) is 3. The molecule has 29 heavy (non-hydrogen) atoms. The molecule has 2 rings (SSSR count). The highest BCUT2D eigenvalue weighted by atomic mass is 19.2. The molecule has 0 spiro atoms. The molecular weight excluding hydrogens is 387 g/mol. The molecule has 0 aliphatic rings. The molecule has 0 fully saturated rings. The van der Waals surface area contributed by atoms with Crippen LogP contribution in [0.25, 0.3) is 0 Å². The Kier molecular flexibility index (Phi) is 7.60. The van der Waals surface area contributed by atoms with Crippen molar-refractivity contribution in [3.05, 3.63) is 59.4 Å².